The van der Waals surface area contributed by atoms with Crippen LogP contribution in [0.2, 0.25) is 0 Å². The Hall–Kier alpha value is -4.28. The molecule has 0 aliphatic carbocycles. The SMILES string of the molecule is c1ccc(-c2cc(-n3c4ccccc4c4c5sccc5ccc43)nc(-c3ccccc3)n2)cc1. The van der Waals surface area contributed by atoms with Gasteiger partial charge in [-0.15, -0.1) is 11.3 Å². The summed E-state index contributed by atoms with van der Waals surface area (Å²) in [5.41, 5.74) is 5.29. The lowest BCUT2D eigenvalue weighted by atomic mass is 10.1. The first kappa shape index (κ1) is 19.2. The second kappa shape index (κ2) is 7.65. The highest BCUT2D eigenvalue weighted by atomic mass is 32.1. The molecule has 0 spiro atoms. The van der Waals surface area contributed by atoms with Gasteiger partial charge in [0.15, 0.2) is 5.82 Å². The van der Waals surface area contributed by atoms with E-state index in [2.05, 4.69) is 82.7 Å². The van der Waals surface area contributed by atoms with Crippen LogP contribution < -0.4 is 0 Å². The van der Waals surface area contributed by atoms with Crippen LogP contribution in [0.5, 0.6) is 0 Å². The first-order chi connectivity index (χ1) is 16.9. The van der Waals surface area contributed by atoms with Gasteiger partial charge in [0.05, 0.1) is 16.7 Å². The van der Waals surface area contributed by atoms with Crippen LogP contribution in [-0.4, -0.2) is 14.5 Å². The first-order valence-electron chi connectivity index (χ1n) is 11.3. The maximum absolute atomic E-state index is 5.09. The number of para-hydroxylation sites is 1. The first-order valence-corrected chi connectivity index (χ1v) is 12.1. The highest BCUT2D eigenvalue weighted by Crippen LogP contribution is 2.39. The lowest BCUT2D eigenvalue weighted by Crippen LogP contribution is -2.02. The summed E-state index contributed by atoms with van der Waals surface area (Å²) in [5, 5.41) is 5.97. The Morgan fingerprint density at radius 2 is 1.35 bits per heavy atom. The van der Waals surface area contributed by atoms with E-state index in [1.165, 1.54) is 20.9 Å². The molecule has 4 heteroatoms. The largest absolute Gasteiger partial charge is 0.294 e. The fourth-order valence-corrected chi connectivity index (χ4v) is 5.70. The third-order valence-electron chi connectivity index (χ3n) is 6.30. The van der Waals surface area contributed by atoms with Crippen molar-refractivity contribution in [1.29, 1.82) is 0 Å². The molecule has 0 aliphatic heterocycles. The van der Waals surface area contributed by atoms with Gasteiger partial charge in [-0.05, 0) is 29.0 Å². The van der Waals surface area contributed by atoms with Crippen LogP contribution in [0.15, 0.2) is 115 Å². The molecule has 0 aliphatic rings. The zero-order valence-electron chi connectivity index (χ0n) is 18.2. The predicted molar refractivity (Wildman–Crippen MR) is 143 cm³/mol. The normalized spacial score (nSPS) is 11.5. The minimum absolute atomic E-state index is 0.722. The minimum Gasteiger partial charge on any atom is -0.294 e. The molecule has 0 saturated carbocycles. The lowest BCUT2D eigenvalue weighted by Gasteiger charge is -2.12. The number of benzene rings is 4. The molecule has 0 bridgehead atoms. The van der Waals surface area contributed by atoms with Crippen molar-refractivity contribution in [3.05, 3.63) is 115 Å². The summed E-state index contributed by atoms with van der Waals surface area (Å²) >= 11 is 1.79. The van der Waals surface area contributed by atoms with Gasteiger partial charge in [0, 0.05) is 32.7 Å². The number of thiophene rings is 1. The van der Waals surface area contributed by atoms with E-state index in [0.717, 1.165) is 39.5 Å². The molecule has 7 rings (SSSR count). The molecule has 0 atom stereocenters. The Bertz CT molecular complexity index is 1740. The highest BCUT2D eigenvalue weighted by Gasteiger charge is 2.18. The zero-order valence-corrected chi connectivity index (χ0v) is 19.0. The average Bonchev–Trinajstić information content (AvgIpc) is 3.52. The molecule has 160 valence electrons. The van der Waals surface area contributed by atoms with Crippen LogP contribution in [0.3, 0.4) is 0 Å². The van der Waals surface area contributed by atoms with Gasteiger partial charge in [0.1, 0.15) is 5.82 Å². The van der Waals surface area contributed by atoms with Crippen LogP contribution >= 0.6 is 11.3 Å². The average molecular weight is 454 g/mol. The highest BCUT2D eigenvalue weighted by molar-refractivity contribution is 7.18. The summed E-state index contributed by atoms with van der Waals surface area (Å²) in [6.07, 6.45) is 0. The third kappa shape index (κ3) is 2.96. The van der Waals surface area contributed by atoms with Gasteiger partial charge >= 0.3 is 0 Å². The minimum atomic E-state index is 0.722. The Balaban J connectivity index is 1.59. The predicted octanol–water partition coefficient (Wildman–Crippen LogP) is 8.12. The van der Waals surface area contributed by atoms with Gasteiger partial charge in [-0.3, -0.25) is 4.57 Å². The van der Waals surface area contributed by atoms with E-state index >= 15 is 0 Å². The quantitative estimate of drug-likeness (QED) is 0.270. The van der Waals surface area contributed by atoms with E-state index in [4.69, 9.17) is 9.97 Å². The maximum atomic E-state index is 5.09. The second-order valence-corrected chi connectivity index (χ2v) is 9.23. The van der Waals surface area contributed by atoms with Crippen molar-refractivity contribution >= 4 is 43.2 Å². The molecule has 34 heavy (non-hydrogen) atoms. The summed E-state index contributed by atoms with van der Waals surface area (Å²) in [6.45, 7) is 0. The van der Waals surface area contributed by atoms with E-state index in [-0.39, 0.29) is 0 Å². The Morgan fingerprint density at radius 3 is 2.18 bits per heavy atom. The van der Waals surface area contributed by atoms with Crippen molar-refractivity contribution < 1.29 is 0 Å². The van der Waals surface area contributed by atoms with Gasteiger partial charge in [0.2, 0.25) is 0 Å². The van der Waals surface area contributed by atoms with Crippen LogP contribution in [0, 0.1) is 0 Å². The van der Waals surface area contributed by atoms with E-state index in [1.807, 2.05) is 36.4 Å². The molecule has 0 saturated heterocycles. The Morgan fingerprint density at radius 1 is 0.618 bits per heavy atom. The van der Waals surface area contributed by atoms with E-state index in [1.54, 1.807) is 11.3 Å². The fourth-order valence-electron chi connectivity index (χ4n) is 4.75. The number of hydrogen-bond acceptors (Lipinski definition) is 3. The van der Waals surface area contributed by atoms with Gasteiger partial charge in [-0.25, -0.2) is 9.97 Å². The zero-order chi connectivity index (χ0) is 22.5. The van der Waals surface area contributed by atoms with Crippen LogP contribution in [-0.2, 0) is 0 Å². The molecule has 0 radical (unpaired) electrons. The number of hydrogen-bond donors (Lipinski definition) is 0. The van der Waals surface area contributed by atoms with Crippen molar-refractivity contribution in [2.75, 3.05) is 0 Å². The fraction of sp³-hybridized carbons (Fsp3) is 0. The van der Waals surface area contributed by atoms with Crippen molar-refractivity contribution in [3.63, 3.8) is 0 Å². The smallest absolute Gasteiger partial charge is 0.162 e. The van der Waals surface area contributed by atoms with Crippen LogP contribution in [0.1, 0.15) is 0 Å². The van der Waals surface area contributed by atoms with E-state index in [9.17, 15) is 0 Å². The number of nitrogens with zero attached hydrogens (tertiary/aromatic N) is 3. The number of fused-ring (bicyclic) bond motifs is 5. The molecule has 0 N–H and O–H groups in total. The summed E-state index contributed by atoms with van der Waals surface area (Å²) in [4.78, 5) is 10.1. The molecular weight excluding hydrogens is 434 g/mol. The van der Waals surface area contributed by atoms with Crippen LogP contribution in [0.25, 0.3) is 60.4 Å². The molecule has 3 heterocycles. The summed E-state index contributed by atoms with van der Waals surface area (Å²) in [6, 6.07) is 37.9. The van der Waals surface area contributed by atoms with Crippen molar-refractivity contribution in [1.82, 2.24) is 14.5 Å². The van der Waals surface area contributed by atoms with Crippen LogP contribution in [0.4, 0.5) is 0 Å². The standard InChI is InChI=1S/C30H19N3S/c1-3-9-20(10-4-1)24-19-27(32-30(31-24)22-11-5-2-6-12-22)33-25-14-8-7-13-23(25)28-26(33)16-15-21-17-18-34-29(21)28/h1-19H. The molecule has 0 amide bonds. The molecule has 3 aromatic heterocycles. The van der Waals surface area contributed by atoms with E-state index in [0.29, 0.717) is 0 Å². The van der Waals surface area contributed by atoms with E-state index < -0.39 is 0 Å². The Labute approximate surface area is 200 Å². The van der Waals surface area contributed by atoms with Gasteiger partial charge in [0.25, 0.3) is 0 Å². The molecule has 4 aromatic carbocycles. The molecule has 0 fully saturated rings. The van der Waals surface area contributed by atoms with Crippen molar-refractivity contribution in [2.45, 2.75) is 0 Å². The summed E-state index contributed by atoms with van der Waals surface area (Å²) in [7, 11) is 0. The molecule has 3 nitrogen and oxygen atoms in total. The topological polar surface area (TPSA) is 30.7 Å². The Kier molecular flexibility index (Phi) is 4.32. The van der Waals surface area contributed by atoms with Gasteiger partial charge in [-0.1, -0.05) is 84.9 Å². The van der Waals surface area contributed by atoms with Gasteiger partial charge < -0.3 is 0 Å². The lowest BCUT2D eigenvalue weighted by molar-refractivity contribution is 1.05. The number of aromatic nitrogens is 3. The third-order valence-corrected chi connectivity index (χ3v) is 7.25. The molecular formula is C30H19N3S. The number of rotatable bonds is 3. The van der Waals surface area contributed by atoms with Crippen molar-refractivity contribution in [3.8, 4) is 28.5 Å². The monoisotopic (exact) mass is 453 g/mol. The van der Waals surface area contributed by atoms with Gasteiger partial charge in [-0.2, -0.15) is 0 Å². The molecule has 7 aromatic rings. The summed E-state index contributed by atoms with van der Waals surface area (Å²) < 4.78 is 3.60. The summed E-state index contributed by atoms with van der Waals surface area (Å²) in [5.74, 6) is 1.59. The second-order valence-electron chi connectivity index (χ2n) is 8.32. The molecule has 0 unspecified atom stereocenters. The maximum Gasteiger partial charge on any atom is 0.162 e. The van der Waals surface area contributed by atoms with Crippen molar-refractivity contribution in [2.24, 2.45) is 0 Å².